The lowest BCUT2D eigenvalue weighted by molar-refractivity contribution is 0.0607. The highest BCUT2D eigenvalue weighted by atomic mass is 16.3. The van der Waals surface area contributed by atoms with Gasteiger partial charge in [0.05, 0.1) is 5.69 Å². The van der Waals surface area contributed by atoms with Crippen LogP contribution in [0.2, 0.25) is 0 Å². The van der Waals surface area contributed by atoms with E-state index in [0.29, 0.717) is 45.3 Å². The fourth-order valence-electron chi connectivity index (χ4n) is 9.18. The molecule has 55 heavy (non-hydrogen) atoms. The van der Waals surface area contributed by atoms with Gasteiger partial charge in [0.15, 0.2) is 0 Å². The third-order valence-electron chi connectivity index (χ3n) is 12.1. The Morgan fingerprint density at radius 3 is 1.13 bits per heavy atom. The van der Waals surface area contributed by atoms with Crippen molar-refractivity contribution >= 4 is 72.4 Å². The molecule has 0 fully saturated rings. The van der Waals surface area contributed by atoms with Crippen molar-refractivity contribution in [3.8, 4) is 5.75 Å². The van der Waals surface area contributed by atoms with Gasteiger partial charge in [-0.15, -0.1) is 0 Å². The predicted octanol–water partition coefficient (Wildman–Crippen LogP) is 12.1. The summed E-state index contributed by atoms with van der Waals surface area (Å²) in [5.74, 6) is -1.30. The first-order chi connectivity index (χ1) is 26.9. The van der Waals surface area contributed by atoms with E-state index in [9.17, 15) is 24.3 Å². The molecule has 0 radical (unpaired) electrons. The van der Waals surface area contributed by atoms with Gasteiger partial charge in [-0.1, -0.05) is 128 Å². The Balaban J connectivity index is 0.949. The van der Waals surface area contributed by atoms with Gasteiger partial charge < -0.3 is 5.11 Å². The Kier molecular flexibility index (Phi) is 10.5. The highest BCUT2D eigenvalue weighted by Crippen LogP contribution is 2.46. The molecule has 0 saturated heterocycles. The summed E-state index contributed by atoms with van der Waals surface area (Å²) >= 11 is 0. The number of benzene rings is 6. The molecular formula is C48H50N2O5. The van der Waals surface area contributed by atoms with Gasteiger partial charge >= 0.3 is 0 Å². The zero-order valence-corrected chi connectivity index (χ0v) is 31.9. The number of phenols is 1. The highest BCUT2D eigenvalue weighted by molar-refractivity contribution is 6.43. The van der Waals surface area contributed by atoms with E-state index in [-0.39, 0.29) is 17.6 Å². The Morgan fingerprint density at radius 1 is 0.400 bits per heavy atom. The second kappa shape index (κ2) is 15.8. The molecule has 2 heterocycles. The molecule has 0 aliphatic carbocycles. The first-order valence-corrected chi connectivity index (χ1v) is 20.6. The average molecular weight is 735 g/mol. The number of rotatable bonds is 18. The van der Waals surface area contributed by atoms with Crippen LogP contribution in [-0.4, -0.2) is 40.2 Å². The molecule has 0 saturated carbocycles. The number of hydrogen-bond acceptors (Lipinski definition) is 5. The van der Waals surface area contributed by atoms with Crippen LogP contribution >= 0.6 is 0 Å². The molecule has 7 nitrogen and oxygen atoms in total. The van der Waals surface area contributed by atoms with Gasteiger partial charge in [-0.25, -0.2) is 4.90 Å². The number of carbonyl (C=O) groups is 4. The molecular weight excluding hydrogens is 685 g/mol. The number of hydrogen-bond donors (Lipinski definition) is 1. The molecule has 282 valence electrons. The minimum absolute atomic E-state index is 0.0462. The van der Waals surface area contributed by atoms with Gasteiger partial charge in [0, 0.05) is 39.6 Å². The number of unbranched alkanes of at least 4 members (excludes halogenated alkanes) is 15. The van der Waals surface area contributed by atoms with Crippen LogP contribution in [0.25, 0.3) is 43.1 Å². The van der Waals surface area contributed by atoms with E-state index < -0.39 is 11.8 Å². The van der Waals surface area contributed by atoms with E-state index in [2.05, 4.69) is 6.92 Å². The van der Waals surface area contributed by atoms with Crippen LogP contribution in [0.15, 0.2) is 72.8 Å². The van der Waals surface area contributed by atoms with Crippen LogP contribution in [0, 0.1) is 0 Å². The second-order valence-corrected chi connectivity index (χ2v) is 15.7. The van der Waals surface area contributed by atoms with Crippen molar-refractivity contribution in [2.45, 2.75) is 110 Å². The maximum atomic E-state index is 14.0. The van der Waals surface area contributed by atoms with Crippen molar-refractivity contribution in [1.29, 1.82) is 0 Å². The van der Waals surface area contributed by atoms with Crippen LogP contribution in [-0.2, 0) is 0 Å². The third-order valence-corrected chi connectivity index (χ3v) is 12.1. The first-order valence-electron chi connectivity index (χ1n) is 20.6. The average Bonchev–Trinajstić information content (AvgIpc) is 3.20. The van der Waals surface area contributed by atoms with Crippen molar-refractivity contribution in [2.75, 3.05) is 11.4 Å². The van der Waals surface area contributed by atoms with Crippen LogP contribution in [0.5, 0.6) is 5.75 Å². The molecule has 0 aromatic heterocycles. The Hall–Kier alpha value is -5.30. The minimum atomic E-state index is -0.427. The zero-order valence-electron chi connectivity index (χ0n) is 31.9. The summed E-state index contributed by atoms with van der Waals surface area (Å²) in [5, 5.41) is 16.2. The summed E-state index contributed by atoms with van der Waals surface area (Å²) in [6.45, 7) is 2.68. The van der Waals surface area contributed by atoms with Crippen molar-refractivity contribution in [1.82, 2.24) is 4.90 Å². The molecule has 2 aliphatic rings. The van der Waals surface area contributed by atoms with Crippen LogP contribution in [0.3, 0.4) is 0 Å². The molecule has 6 aromatic rings. The lowest BCUT2D eigenvalue weighted by Crippen LogP contribution is -2.41. The Labute approximate surface area is 322 Å². The lowest BCUT2D eigenvalue weighted by Gasteiger charge is -2.30. The minimum Gasteiger partial charge on any atom is -0.508 e. The number of fused-ring (bicyclic) bond motifs is 2. The molecule has 7 heteroatoms. The van der Waals surface area contributed by atoms with Gasteiger partial charge in [0.1, 0.15) is 5.75 Å². The van der Waals surface area contributed by atoms with Gasteiger partial charge in [-0.2, -0.15) is 0 Å². The summed E-state index contributed by atoms with van der Waals surface area (Å²) in [7, 11) is 0. The molecule has 4 amide bonds. The van der Waals surface area contributed by atoms with E-state index in [1.807, 2.05) is 36.4 Å². The topological polar surface area (TPSA) is 95.0 Å². The van der Waals surface area contributed by atoms with Gasteiger partial charge in [-0.3, -0.25) is 24.1 Å². The van der Waals surface area contributed by atoms with Crippen molar-refractivity contribution in [3.05, 3.63) is 95.1 Å². The number of anilines is 1. The number of imide groups is 2. The zero-order chi connectivity index (χ0) is 38.1. The summed E-state index contributed by atoms with van der Waals surface area (Å²) in [6, 6.07) is 21.0. The standard InChI is InChI=1S/C48H50N2O5/c1-2-3-4-5-6-7-8-9-10-11-12-13-14-15-16-17-30-49-45(52)37-26-22-33-35-24-28-39-44-40(48(55)50(47(39)54)31-18-20-32(51)21-19-31)29-25-36(42(35)44)34-23-27-38(46(49)53)43(37)41(33)34/h18-29,51H,2-17,30H2,1H3. The van der Waals surface area contributed by atoms with Gasteiger partial charge in [-0.05, 0) is 87.3 Å². The maximum Gasteiger partial charge on any atom is 0.265 e. The highest BCUT2D eigenvalue weighted by Gasteiger charge is 2.37. The number of carbonyl (C=O) groups excluding carboxylic acids is 4. The van der Waals surface area contributed by atoms with Crippen molar-refractivity contribution < 1.29 is 24.3 Å². The van der Waals surface area contributed by atoms with Crippen LogP contribution < -0.4 is 4.90 Å². The molecule has 2 aliphatic heterocycles. The number of amides is 4. The molecule has 0 atom stereocenters. The molecule has 0 bridgehead atoms. The van der Waals surface area contributed by atoms with Crippen molar-refractivity contribution in [2.24, 2.45) is 0 Å². The summed E-state index contributed by atoms with van der Waals surface area (Å²) in [4.78, 5) is 58.3. The monoisotopic (exact) mass is 734 g/mol. The van der Waals surface area contributed by atoms with E-state index in [1.165, 1.54) is 101 Å². The number of phenolic OH excluding ortho intramolecular Hbond substituents is 1. The van der Waals surface area contributed by atoms with E-state index in [4.69, 9.17) is 0 Å². The molecule has 0 spiro atoms. The second-order valence-electron chi connectivity index (χ2n) is 15.7. The quantitative estimate of drug-likeness (QED) is 0.0410. The van der Waals surface area contributed by atoms with Gasteiger partial charge in [0.25, 0.3) is 23.6 Å². The first kappa shape index (κ1) is 36.7. The van der Waals surface area contributed by atoms with Crippen LogP contribution in [0.1, 0.15) is 151 Å². The SMILES string of the molecule is CCCCCCCCCCCCCCCCCCN1C(=O)c2ccc3c4ccc5c6c(ccc(c7ccc(c2c37)C1=O)c64)C(=O)N(c1ccc(O)cc1)C5=O. The molecule has 1 N–H and O–H groups in total. The lowest BCUT2D eigenvalue weighted by atomic mass is 9.82. The van der Waals surface area contributed by atoms with Crippen molar-refractivity contribution in [3.63, 3.8) is 0 Å². The third kappa shape index (κ3) is 6.62. The van der Waals surface area contributed by atoms with Gasteiger partial charge in [0.2, 0.25) is 0 Å². The molecule has 8 rings (SSSR count). The molecule has 6 aromatic carbocycles. The molecule has 0 unspecified atom stereocenters. The van der Waals surface area contributed by atoms with E-state index in [1.54, 1.807) is 24.3 Å². The van der Waals surface area contributed by atoms with E-state index in [0.717, 1.165) is 56.5 Å². The largest absolute Gasteiger partial charge is 0.508 e. The smallest absolute Gasteiger partial charge is 0.265 e. The fraction of sp³-hybridized carbons (Fsp3) is 0.375. The Morgan fingerprint density at radius 2 is 0.745 bits per heavy atom. The van der Waals surface area contributed by atoms with Crippen LogP contribution in [0.4, 0.5) is 5.69 Å². The maximum absolute atomic E-state index is 14.0. The number of aromatic hydroxyl groups is 1. The fourth-order valence-corrected chi connectivity index (χ4v) is 9.18. The predicted molar refractivity (Wildman–Crippen MR) is 222 cm³/mol. The van der Waals surface area contributed by atoms with E-state index >= 15 is 0 Å². The summed E-state index contributed by atoms with van der Waals surface area (Å²) < 4.78 is 0. The Bertz CT molecular complexity index is 2310. The summed E-state index contributed by atoms with van der Waals surface area (Å²) in [6.07, 6.45) is 20.3. The number of nitrogens with zero attached hydrogens (tertiary/aromatic N) is 2. The normalized spacial score (nSPS) is 14.2. The summed E-state index contributed by atoms with van der Waals surface area (Å²) in [5.41, 5.74) is 2.31.